The molecule has 0 aliphatic carbocycles. The fourth-order valence-corrected chi connectivity index (χ4v) is 5.15. The van der Waals surface area contributed by atoms with Crippen molar-refractivity contribution in [3.05, 3.63) is 35.9 Å². The van der Waals surface area contributed by atoms with Crippen LogP contribution in [-0.2, 0) is 21.4 Å². The van der Waals surface area contributed by atoms with E-state index in [0.717, 1.165) is 11.8 Å². The van der Waals surface area contributed by atoms with Crippen molar-refractivity contribution >= 4 is 15.9 Å². The van der Waals surface area contributed by atoms with Gasteiger partial charge in [-0.25, -0.2) is 12.7 Å². The Hall–Kier alpha value is -1.65. The Labute approximate surface area is 175 Å². The average molecular weight is 448 g/mol. The highest BCUT2D eigenvalue weighted by atomic mass is 32.2. The molecule has 0 radical (unpaired) electrons. The lowest BCUT2D eigenvalue weighted by Crippen LogP contribution is -2.56. The molecule has 0 spiro atoms. The summed E-state index contributed by atoms with van der Waals surface area (Å²) in [5, 5.41) is 0. The highest BCUT2D eigenvalue weighted by Gasteiger charge is 2.64. The number of rotatable bonds is 5. The van der Waals surface area contributed by atoms with Gasteiger partial charge in [-0.15, -0.1) is 0 Å². The average Bonchev–Trinajstić information content (AvgIpc) is 3.12. The van der Waals surface area contributed by atoms with Crippen LogP contribution < -0.4 is 0 Å². The first-order valence-electron chi connectivity index (χ1n) is 9.99. The molecule has 2 fully saturated rings. The third-order valence-corrected chi connectivity index (χ3v) is 7.68. The largest absolute Gasteiger partial charge is 0.404 e. The van der Waals surface area contributed by atoms with Crippen molar-refractivity contribution in [1.29, 1.82) is 0 Å². The van der Waals surface area contributed by atoms with Crippen LogP contribution in [-0.4, -0.2) is 80.1 Å². The summed E-state index contributed by atoms with van der Waals surface area (Å²) < 4.78 is 67.1. The summed E-state index contributed by atoms with van der Waals surface area (Å²) in [5.74, 6) is -0.883. The Kier molecular flexibility index (Phi) is 6.50. The lowest BCUT2D eigenvalue weighted by Gasteiger charge is -2.40. The monoisotopic (exact) mass is 447 g/mol. The Bertz CT molecular complexity index is 855. The molecule has 0 saturated carbocycles. The molecule has 0 N–H and O–H groups in total. The lowest BCUT2D eigenvalue weighted by molar-refractivity contribution is -0.224. The van der Waals surface area contributed by atoms with Gasteiger partial charge in [-0.1, -0.05) is 30.3 Å². The predicted octanol–water partition coefficient (Wildman–Crippen LogP) is 2.32. The molecule has 2 aliphatic rings. The van der Waals surface area contributed by atoms with Crippen molar-refractivity contribution in [2.45, 2.75) is 38.0 Å². The highest BCUT2D eigenvalue weighted by molar-refractivity contribution is 7.88. The van der Waals surface area contributed by atoms with Gasteiger partial charge in [-0.05, 0) is 31.4 Å². The first kappa shape index (κ1) is 23.0. The van der Waals surface area contributed by atoms with Gasteiger partial charge in [0.2, 0.25) is 15.9 Å². The number of hydrogen-bond donors (Lipinski definition) is 0. The number of carbonyl (C=O) groups excluding carboxylic acids is 1. The zero-order chi connectivity index (χ0) is 22.2. The molecule has 10 heteroatoms. The van der Waals surface area contributed by atoms with Crippen LogP contribution in [0.2, 0.25) is 0 Å². The molecule has 1 amide bonds. The van der Waals surface area contributed by atoms with Crippen LogP contribution in [0.4, 0.5) is 13.2 Å². The van der Waals surface area contributed by atoms with E-state index >= 15 is 0 Å². The van der Waals surface area contributed by atoms with Crippen LogP contribution in [0.15, 0.2) is 30.3 Å². The topological polar surface area (TPSA) is 60.9 Å². The zero-order valence-corrected chi connectivity index (χ0v) is 18.0. The highest BCUT2D eigenvalue weighted by Crippen LogP contribution is 2.47. The summed E-state index contributed by atoms with van der Waals surface area (Å²) >= 11 is 0. The van der Waals surface area contributed by atoms with Gasteiger partial charge in [0.25, 0.3) is 0 Å². The number of sulfonamides is 1. The van der Waals surface area contributed by atoms with Gasteiger partial charge in [0.05, 0.1) is 6.26 Å². The second kappa shape index (κ2) is 8.47. The van der Waals surface area contributed by atoms with Crippen molar-refractivity contribution in [2.75, 3.05) is 39.5 Å². The number of benzene rings is 1. The SMILES string of the molecule is CN(C1CCN(C(=O)C2(C(F)(F)F)CCN(Cc3ccccc3)C2)CC1)S(C)(=O)=O. The van der Waals surface area contributed by atoms with E-state index in [1.54, 1.807) is 4.90 Å². The van der Waals surface area contributed by atoms with Gasteiger partial charge < -0.3 is 4.90 Å². The first-order chi connectivity index (χ1) is 13.9. The van der Waals surface area contributed by atoms with E-state index in [1.807, 2.05) is 30.3 Å². The van der Waals surface area contributed by atoms with Gasteiger partial charge in [0, 0.05) is 39.3 Å². The first-order valence-corrected chi connectivity index (χ1v) is 11.8. The van der Waals surface area contributed by atoms with Crippen LogP contribution in [0.3, 0.4) is 0 Å². The van der Waals surface area contributed by atoms with E-state index in [4.69, 9.17) is 0 Å². The van der Waals surface area contributed by atoms with Crippen LogP contribution in [0, 0.1) is 5.41 Å². The van der Waals surface area contributed by atoms with Crippen molar-refractivity contribution in [3.8, 4) is 0 Å². The van der Waals surface area contributed by atoms with E-state index < -0.39 is 27.5 Å². The molecule has 1 unspecified atom stereocenters. The summed E-state index contributed by atoms with van der Waals surface area (Å²) in [6.07, 6.45) is -3.14. The molecule has 0 bridgehead atoms. The van der Waals surface area contributed by atoms with Gasteiger partial charge in [0.15, 0.2) is 5.41 Å². The lowest BCUT2D eigenvalue weighted by atomic mass is 9.83. The number of hydrogen-bond acceptors (Lipinski definition) is 4. The van der Waals surface area contributed by atoms with Crippen molar-refractivity contribution in [2.24, 2.45) is 5.41 Å². The number of likely N-dealkylation sites (tertiary alicyclic amines) is 2. The second-order valence-corrected chi connectivity index (χ2v) is 10.4. The van der Waals surface area contributed by atoms with E-state index in [9.17, 15) is 26.4 Å². The third-order valence-electron chi connectivity index (χ3n) is 6.34. The second-order valence-electron chi connectivity index (χ2n) is 8.33. The van der Waals surface area contributed by atoms with Gasteiger partial charge in [0.1, 0.15) is 0 Å². The molecule has 2 saturated heterocycles. The molecule has 3 rings (SSSR count). The fourth-order valence-electron chi connectivity index (χ4n) is 4.40. The minimum Gasteiger partial charge on any atom is -0.342 e. The molecule has 1 aromatic carbocycles. The van der Waals surface area contributed by atoms with Gasteiger partial charge >= 0.3 is 6.18 Å². The third kappa shape index (κ3) is 4.65. The number of amides is 1. The summed E-state index contributed by atoms with van der Waals surface area (Å²) in [6, 6.07) is 8.94. The standard InChI is InChI=1S/C20H28F3N3O3S/c1-24(30(2,28)29)17-8-11-26(12-9-17)18(27)19(20(21,22)23)10-13-25(15-19)14-16-6-4-3-5-7-16/h3-7,17H,8-15H2,1-2H3. The molecule has 1 atom stereocenters. The zero-order valence-electron chi connectivity index (χ0n) is 17.2. The Balaban J connectivity index is 1.70. The summed E-state index contributed by atoms with van der Waals surface area (Å²) in [7, 11) is -1.92. The van der Waals surface area contributed by atoms with E-state index in [-0.39, 0.29) is 38.6 Å². The molecule has 0 aromatic heterocycles. The molecule has 6 nitrogen and oxygen atoms in total. The molecule has 30 heavy (non-hydrogen) atoms. The molecule has 2 aliphatic heterocycles. The quantitative estimate of drug-likeness (QED) is 0.695. The summed E-state index contributed by atoms with van der Waals surface area (Å²) in [5.41, 5.74) is -1.50. The van der Waals surface area contributed by atoms with Gasteiger partial charge in [-0.2, -0.15) is 13.2 Å². The maximum Gasteiger partial charge on any atom is 0.404 e. The van der Waals surface area contributed by atoms with Crippen molar-refractivity contribution in [1.82, 2.24) is 14.1 Å². The van der Waals surface area contributed by atoms with Crippen molar-refractivity contribution < 1.29 is 26.4 Å². The van der Waals surface area contributed by atoms with E-state index in [2.05, 4.69) is 0 Å². The Morgan fingerprint density at radius 3 is 2.30 bits per heavy atom. The molecule has 168 valence electrons. The molecule has 2 heterocycles. The van der Waals surface area contributed by atoms with Crippen LogP contribution in [0.5, 0.6) is 0 Å². The van der Waals surface area contributed by atoms with Crippen LogP contribution in [0.25, 0.3) is 0 Å². The minimum absolute atomic E-state index is 0.125. The number of nitrogens with zero attached hydrogens (tertiary/aromatic N) is 3. The minimum atomic E-state index is -4.64. The van der Waals surface area contributed by atoms with Crippen molar-refractivity contribution in [3.63, 3.8) is 0 Å². The summed E-state index contributed by atoms with van der Waals surface area (Å²) in [6.45, 7) is 0.466. The Morgan fingerprint density at radius 2 is 1.77 bits per heavy atom. The fraction of sp³-hybridized carbons (Fsp3) is 0.650. The summed E-state index contributed by atoms with van der Waals surface area (Å²) in [4.78, 5) is 16.0. The normalized spacial score (nSPS) is 24.5. The smallest absolute Gasteiger partial charge is 0.342 e. The number of carbonyl (C=O) groups is 1. The Morgan fingerprint density at radius 1 is 1.17 bits per heavy atom. The maximum absolute atomic E-state index is 14.1. The van der Waals surface area contributed by atoms with E-state index in [0.29, 0.717) is 19.4 Å². The van der Waals surface area contributed by atoms with E-state index in [1.165, 1.54) is 16.3 Å². The predicted molar refractivity (Wildman–Crippen MR) is 107 cm³/mol. The van der Waals surface area contributed by atoms with Crippen LogP contribution in [0.1, 0.15) is 24.8 Å². The molecule has 1 aromatic rings. The maximum atomic E-state index is 14.1. The molecular weight excluding hydrogens is 419 g/mol. The molecular formula is C20H28F3N3O3S. The number of halogens is 3. The van der Waals surface area contributed by atoms with Gasteiger partial charge in [-0.3, -0.25) is 9.69 Å². The number of piperidine rings is 1. The van der Waals surface area contributed by atoms with Crippen LogP contribution >= 0.6 is 0 Å². The number of alkyl halides is 3.